The molecule has 0 aliphatic carbocycles. The van der Waals surface area contributed by atoms with Gasteiger partial charge in [-0.2, -0.15) is 5.10 Å². The van der Waals surface area contributed by atoms with Crippen molar-refractivity contribution in [3.8, 4) is 5.75 Å². The summed E-state index contributed by atoms with van der Waals surface area (Å²) in [6.45, 7) is 6.47. The normalized spacial score (nSPS) is 11.7. The number of nitrogens with one attached hydrogen (secondary N) is 1. The van der Waals surface area contributed by atoms with E-state index in [9.17, 15) is 9.90 Å². The van der Waals surface area contributed by atoms with Crippen LogP contribution in [0.25, 0.3) is 0 Å². The van der Waals surface area contributed by atoms with Gasteiger partial charge in [0.15, 0.2) is 0 Å². The minimum absolute atomic E-state index is 0.0624. The van der Waals surface area contributed by atoms with Crippen molar-refractivity contribution >= 4 is 34.7 Å². The van der Waals surface area contributed by atoms with Crippen LogP contribution < -0.4 is 5.43 Å². The maximum Gasteiger partial charge on any atom is 0.275 e. The number of hydrazone groups is 1. The number of nitrogens with zero attached hydrogens (tertiary/aromatic N) is 1. The Hall–Kier alpha value is -1.89. The molecule has 0 saturated carbocycles. The third-order valence-electron chi connectivity index (χ3n) is 3.36. The standard InChI is InChI=1S/C18H19IN2O2/c1-18(2,3)13-6-4-12(5-7-13)11-20-21-17(23)15-10-14(19)8-9-16(15)22/h4-11,22H,1-3H3,(H,21,23)/b20-11+. The van der Waals surface area contributed by atoms with Crippen LogP contribution in [0.15, 0.2) is 47.6 Å². The highest BCUT2D eigenvalue weighted by atomic mass is 127. The van der Waals surface area contributed by atoms with Crippen LogP contribution in [0.3, 0.4) is 0 Å². The Morgan fingerprint density at radius 1 is 1.17 bits per heavy atom. The molecule has 0 spiro atoms. The van der Waals surface area contributed by atoms with Crippen molar-refractivity contribution in [2.45, 2.75) is 26.2 Å². The number of carbonyl (C=O) groups excluding carboxylic acids is 1. The largest absolute Gasteiger partial charge is 0.507 e. The number of halogens is 1. The number of aromatic hydroxyl groups is 1. The van der Waals surface area contributed by atoms with E-state index >= 15 is 0 Å². The number of hydrogen-bond acceptors (Lipinski definition) is 3. The van der Waals surface area contributed by atoms with E-state index in [4.69, 9.17) is 0 Å². The van der Waals surface area contributed by atoms with E-state index in [-0.39, 0.29) is 16.7 Å². The maximum absolute atomic E-state index is 12.0. The molecule has 5 heteroatoms. The molecular weight excluding hydrogens is 403 g/mol. The molecule has 120 valence electrons. The van der Waals surface area contributed by atoms with E-state index in [0.29, 0.717) is 0 Å². The van der Waals surface area contributed by atoms with Crippen molar-refractivity contribution in [1.82, 2.24) is 5.43 Å². The van der Waals surface area contributed by atoms with Gasteiger partial charge in [-0.25, -0.2) is 5.43 Å². The molecule has 0 atom stereocenters. The van der Waals surface area contributed by atoms with Crippen LogP contribution in [0.1, 0.15) is 42.3 Å². The molecule has 0 bridgehead atoms. The Labute approximate surface area is 149 Å². The molecule has 0 aromatic heterocycles. The van der Waals surface area contributed by atoms with E-state index in [0.717, 1.165) is 9.13 Å². The summed E-state index contributed by atoms with van der Waals surface area (Å²) in [4.78, 5) is 12.0. The minimum Gasteiger partial charge on any atom is -0.507 e. The third kappa shape index (κ3) is 4.79. The average Bonchev–Trinajstić information content (AvgIpc) is 2.49. The van der Waals surface area contributed by atoms with Gasteiger partial charge in [0.2, 0.25) is 0 Å². The van der Waals surface area contributed by atoms with Gasteiger partial charge in [-0.1, -0.05) is 45.0 Å². The highest BCUT2D eigenvalue weighted by Crippen LogP contribution is 2.22. The minimum atomic E-state index is -0.441. The molecule has 2 aromatic rings. The summed E-state index contributed by atoms with van der Waals surface area (Å²) in [5, 5.41) is 13.7. The smallest absolute Gasteiger partial charge is 0.275 e. The summed E-state index contributed by atoms with van der Waals surface area (Å²) < 4.78 is 0.868. The Morgan fingerprint density at radius 3 is 2.43 bits per heavy atom. The van der Waals surface area contributed by atoms with E-state index in [1.807, 2.05) is 12.1 Å². The topological polar surface area (TPSA) is 61.7 Å². The lowest BCUT2D eigenvalue weighted by molar-refractivity contribution is 0.0952. The summed E-state index contributed by atoms with van der Waals surface area (Å²) in [7, 11) is 0. The Kier molecular flexibility index (Phi) is 5.41. The lowest BCUT2D eigenvalue weighted by Gasteiger charge is -2.18. The first-order chi connectivity index (χ1) is 10.8. The molecule has 0 aliphatic heterocycles. The summed E-state index contributed by atoms with van der Waals surface area (Å²) in [5.41, 5.74) is 4.87. The van der Waals surface area contributed by atoms with Gasteiger partial charge in [0.25, 0.3) is 5.91 Å². The van der Waals surface area contributed by atoms with Gasteiger partial charge in [-0.3, -0.25) is 4.79 Å². The Bertz CT molecular complexity index is 732. The quantitative estimate of drug-likeness (QED) is 0.445. The number of amides is 1. The zero-order valence-corrected chi connectivity index (χ0v) is 15.5. The van der Waals surface area contributed by atoms with E-state index in [1.165, 1.54) is 11.6 Å². The van der Waals surface area contributed by atoms with Gasteiger partial charge in [-0.15, -0.1) is 0 Å². The zero-order valence-electron chi connectivity index (χ0n) is 13.3. The van der Waals surface area contributed by atoms with Crippen molar-refractivity contribution < 1.29 is 9.90 Å². The number of phenols is 1. The monoisotopic (exact) mass is 422 g/mol. The molecule has 4 nitrogen and oxygen atoms in total. The van der Waals surface area contributed by atoms with Crippen LogP contribution in [0.4, 0.5) is 0 Å². The molecule has 2 aromatic carbocycles. The molecule has 0 radical (unpaired) electrons. The molecule has 0 saturated heterocycles. The molecular formula is C18H19IN2O2. The first-order valence-corrected chi connectivity index (χ1v) is 8.28. The highest BCUT2D eigenvalue weighted by molar-refractivity contribution is 14.1. The molecule has 23 heavy (non-hydrogen) atoms. The molecule has 0 heterocycles. The van der Waals surface area contributed by atoms with Gasteiger partial charge in [0, 0.05) is 3.57 Å². The van der Waals surface area contributed by atoms with Crippen molar-refractivity contribution in [2.75, 3.05) is 0 Å². The molecule has 0 fully saturated rings. The van der Waals surface area contributed by atoms with Gasteiger partial charge >= 0.3 is 0 Å². The van der Waals surface area contributed by atoms with Crippen molar-refractivity contribution in [1.29, 1.82) is 0 Å². The fourth-order valence-corrected chi connectivity index (χ4v) is 2.48. The lowest BCUT2D eigenvalue weighted by atomic mass is 9.87. The SMILES string of the molecule is CC(C)(C)c1ccc(/C=N/NC(=O)c2cc(I)ccc2O)cc1. The van der Waals surface area contributed by atoms with E-state index in [2.05, 4.69) is 66.0 Å². The predicted octanol–water partition coefficient (Wildman–Crippen LogP) is 4.06. The van der Waals surface area contributed by atoms with Crippen LogP contribution in [0.5, 0.6) is 5.75 Å². The van der Waals surface area contributed by atoms with Crippen LogP contribution in [-0.4, -0.2) is 17.2 Å². The van der Waals surface area contributed by atoms with Crippen molar-refractivity contribution in [3.05, 3.63) is 62.7 Å². The second-order valence-electron chi connectivity index (χ2n) is 6.23. The average molecular weight is 422 g/mol. The predicted molar refractivity (Wildman–Crippen MR) is 101 cm³/mol. The second-order valence-corrected chi connectivity index (χ2v) is 7.48. The van der Waals surface area contributed by atoms with Crippen molar-refractivity contribution in [2.24, 2.45) is 5.10 Å². The fraction of sp³-hybridized carbons (Fsp3) is 0.222. The number of rotatable bonds is 3. The Balaban J connectivity index is 2.04. The van der Waals surface area contributed by atoms with E-state index < -0.39 is 5.91 Å². The van der Waals surface area contributed by atoms with Gasteiger partial charge in [0.1, 0.15) is 5.75 Å². The first-order valence-electron chi connectivity index (χ1n) is 7.20. The summed E-state index contributed by atoms with van der Waals surface area (Å²) in [6, 6.07) is 12.8. The third-order valence-corrected chi connectivity index (χ3v) is 4.03. The highest BCUT2D eigenvalue weighted by Gasteiger charge is 2.13. The number of hydrogen-bond donors (Lipinski definition) is 2. The molecule has 0 unspecified atom stereocenters. The molecule has 2 N–H and O–H groups in total. The zero-order chi connectivity index (χ0) is 17.0. The van der Waals surface area contributed by atoms with Crippen molar-refractivity contribution in [3.63, 3.8) is 0 Å². The molecule has 0 aliphatic rings. The van der Waals surface area contributed by atoms with E-state index in [1.54, 1.807) is 18.3 Å². The van der Waals surface area contributed by atoms with Gasteiger partial charge in [-0.05, 0) is 57.3 Å². The number of benzene rings is 2. The van der Waals surface area contributed by atoms with Crippen LogP contribution in [-0.2, 0) is 5.41 Å². The van der Waals surface area contributed by atoms with Crippen LogP contribution >= 0.6 is 22.6 Å². The molecule has 2 rings (SSSR count). The van der Waals surface area contributed by atoms with Crippen LogP contribution in [0.2, 0.25) is 0 Å². The molecule has 1 amide bonds. The van der Waals surface area contributed by atoms with Gasteiger partial charge < -0.3 is 5.11 Å². The second kappa shape index (κ2) is 7.12. The fourth-order valence-electron chi connectivity index (χ4n) is 1.98. The maximum atomic E-state index is 12.0. The Morgan fingerprint density at radius 2 is 1.83 bits per heavy atom. The summed E-state index contributed by atoms with van der Waals surface area (Å²) in [6.07, 6.45) is 1.58. The number of carbonyl (C=O) groups is 1. The first kappa shape index (κ1) is 17.5. The van der Waals surface area contributed by atoms with Gasteiger partial charge in [0.05, 0.1) is 11.8 Å². The van der Waals surface area contributed by atoms with Crippen LogP contribution in [0, 0.1) is 3.57 Å². The summed E-state index contributed by atoms with van der Waals surface area (Å²) >= 11 is 2.08. The lowest BCUT2D eigenvalue weighted by Crippen LogP contribution is -2.18. The number of phenolic OH excluding ortho intramolecular Hbond substituents is 1. The summed E-state index contributed by atoms with van der Waals surface area (Å²) in [5.74, 6) is -0.503.